The third-order valence-corrected chi connectivity index (χ3v) is 21.9. The zero-order chi connectivity index (χ0) is 68.3. The molecule has 3 aromatic heterocycles. The van der Waals surface area contributed by atoms with Crippen LogP contribution in [0.3, 0.4) is 0 Å². The lowest BCUT2D eigenvalue weighted by atomic mass is 9.33. The van der Waals surface area contributed by atoms with E-state index < -0.39 is 0 Å². The third-order valence-electron chi connectivity index (χ3n) is 21.9. The highest BCUT2D eigenvalue weighted by molar-refractivity contribution is 7.00. The van der Waals surface area contributed by atoms with Crippen LogP contribution < -0.4 is 31.1 Å². The van der Waals surface area contributed by atoms with Crippen molar-refractivity contribution in [3.8, 4) is 22.5 Å². The van der Waals surface area contributed by atoms with Gasteiger partial charge in [0.05, 0.1) is 44.8 Å². The van der Waals surface area contributed by atoms with Crippen LogP contribution in [0, 0.1) is 0 Å². The molecule has 0 aliphatic carbocycles. The van der Waals surface area contributed by atoms with E-state index in [-0.39, 0.29) is 33.8 Å². The number of hydrogen-bond acceptors (Lipinski definition) is 4. The van der Waals surface area contributed by atoms with E-state index >= 15 is 0 Å². The van der Waals surface area contributed by atoms with E-state index in [4.69, 9.17) is 4.42 Å². The molecule has 0 unspecified atom stereocenters. The first kappa shape index (κ1) is 60.9. The Labute approximate surface area is 582 Å². The minimum Gasteiger partial charge on any atom is -0.456 e. The van der Waals surface area contributed by atoms with Gasteiger partial charge in [0.15, 0.2) is 0 Å². The van der Waals surface area contributed by atoms with Gasteiger partial charge in [-0.25, -0.2) is 0 Å². The Hall–Kier alpha value is -10.5. The van der Waals surface area contributed by atoms with Gasteiger partial charge in [-0.05, 0) is 210 Å². The molecule has 0 spiro atoms. The highest BCUT2D eigenvalue weighted by Gasteiger charge is 2.48. The predicted molar refractivity (Wildman–Crippen MR) is 424 cm³/mol. The van der Waals surface area contributed by atoms with Gasteiger partial charge in [-0.3, -0.25) is 0 Å². The van der Waals surface area contributed by atoms with Crippen molar-refractivity contribution in [2.45, 2.75) is 131 Å². The molecule has 3 aliphatic heterocycles. The summed E-state index contributed by atoms with van der Waals surface area (Å²) in [5.74, 6) is 0. The van der Waals surface area contributed by atoms with Crippen LogP contribution in [-0.2, 0) is 27.1 Å². The van der Waals surface area contributed by atoms with Crippen molar-refractivity contribution in [3.63, 3.8) is 0 Å². The van der Waals surface area contributed by atoms with Gasteiger partial charge in [0.2, 0.25) is 0 Å². The van der Waals surface area contributed by atoms with Crippen molar-refractivity contribution in [1.29, 1.82) is 0 Å². The van der Waals surface area contributed by atoms with E-state index in [0.717, 1.165) is 72.9 Å². The molecular weight excluding hydrogens is 1200 g/mol. The van der Waals surface area contributed by atoms with Crippen LogP contribution >= 0.6 is 0 Å². The summed E-state index contributed by atoms with van der Waals surface area (Å²) in [5.41, 5.74) is 31.3. The molecule has 15 aromatic rings. The number of fused-ring (bicyclic) bond motifs is 15. The average molecular weight is 1290 g/mol. The van der Waals surface area contributed by atoms with E-state index in [1.54, 1.807) is 0 Å². The second-order valence-corrected chi connectivity index (χ2v) is 33.5. The molecule has 0 radical (unpaired) electrons. The maximum Gasteiger partial charge on any atom is 0.252 e. The van der Waals surface area contributed by atoms with Crippen LogP contribution in [0.25, 0.3) is 88.1 Å². The Kier molecular flexibility index (Phi) is 12.9. The SMILES string of the molecule is CC(C)(C)c1cc2c3c(c1)-n1c4ccc(C(C)(C)C)cc4c4cc(C(C)(C)C)cc(c41)N3c1cc(N(c3ccccc3)c3ccccc3)cc3c1B2c1ccc(-n2c4ccc(C(C)(C)C)cc4c4cc(C(C)(C)C)ccc42)cc1N3c1ccc(-c2cccc3oc4ccccc4c23)cc1. The monoisotopic (exact) mass is 1290 g/mol. The molecule has 6 heterocycles. The van der Waals surface area contributed by atoms with E-state index in [1.165, 1.54) is 111 Å². The lowest BCUT2D eigenvalue weighted by molar-refractivity contribution is 0.590. The van der Waals surface area contributed by atoms with Crippen LogP contribution in [0.4, 0.5) is 51.2 Å². The maximum atomic E-state index is 6.53. The number of aromatic nitrogens is 2. The van der Waals surface area contributed by atoms with Gasteiger partial charge in [0, 0.05) is 72.1 Å². The quantitative estimate of drug-likeness (QED) is 0.155. The number of nitrogens with zero attached hydrogens (tertiary/aromatic N) is 5. The molecule has 0 fully saturated rings. The van der Waals surface area contributed by atoms with Crippen molar-refractivity contribution in [2.75, 3.05) is 14.7 Å². The second kappa shape index (κ2) is 21.0. The molecule has 0 saturated carbocycles. The molecule has 0 atom stereocenters. The molecule has 6 nitrogen and oxygen atoms in total. The first-order valence-electron chi connectivity index (χ1n) is 35.5. The number of hydrogen-bond donors (Lipinski definition) is 0. The smallest absolute Gasteiger partial charge is 0.252 e. The molecule has 3 aliphatic rings. The van der Waals surface area contributed by atoms with Gasteiger partial charge in [0.1, 0.15) is 11.2 Å². The number of benzene rings is 12. The van der Waals surface area contributed by atoms with Crippen LogP contribution in [-0.4, -0.2) is 15.8 Å². The molecule has 486 valence electrons. The molecule has 99 heavy (non-hydrogen) atoms. The number of rotatable bonds is 6. The van der Waals surface area contributed by atoms with Crippen LogP contribution in [0.2, 0.25) is 0 Å². The summed E-state index contributed by atoms with van der Waals surface area (Å²) in [6, 6.07) is 90.8. The number of anilines is 9. The lowest BCUT2D eigenvalue weighted by Gasteiger charge is -2.47. The lowest BCUT2D eigenvalue weighted by Crippen LogP contribution is -2.62. The Morgan fingerprint density at radius 2 is 0.818 bits per heavy atom. The maximum absolute atomic E-state index is 6.53. The van der Waals surface area contributed by atoms with E-state index in [9.17, 15) is 0 Å². The second-order valence-electron chi connectivity index (χ2n) is 33.5. The fourth-order valence-corrected chi connectivity index (χ4v) is 16.6. The van der Waals surface area contributed by atoms with Gasteiger partial charge in [-0.1, -0.05) is 213 Å². The van der Waals surface area contributed by atoms with E-state index in [2.05, 4.69) is 364 Å². The summed E-state index contributed by atoms with van der Waals surface area (Å²) in [5, 5.41) is 7.35. The Balaban J connectivity index is 0.987. The minimum atomic E-state index is -0.203. The van der Waals surface area contributed by atoms with Crippen LogP contribution in [0.1, 0.15) is 132 Å². The highest BCUT2D eigenvalue weighted by Crippen LogP contribution is 2.56. The van der Waals surface area contributed by atoms with Crippen molar-refractivity contribution >= 4 is 140 Å². The fraction of sp³-hybridized carbons (Fsp3) is 0.217. The highest BCUT2D eigenvalue weighted by atomic mass is 16.3. The number of furan rings is 1. The summed E-state index contributed by atoms with van der Waals surface area (Å²) in [7, 11) is 0. The third kappa shape index (κ3) is 9.28. The van der Waals surface area contributed by atoms with Gasteiger partial charge >= 0.3 is 0 Å². The van der Waals surface area contributed by atoms with Crippen LogP contribution in [0.5, 0.6) is 0 Å². The molecular formula is C92H84BN5O. The Morgan fingerprint density at radius 1 is 0.323 bits per heavy atom. The molecule has 0 amide bonds. The van der Waals surface area contributed by atoms with Crippen molar-refractivity contribution in [3.05, 3.63) is 264 Å². The molecule has 0 bridgehead atoms. The summed E-state index contributed by atoms with van der Waals surface area (Å²) in [4.78, 5) is 7.82. The molecule has 7 heteroatoms. The summed E-state index contributed by atoms with van der Waals surface area (Å²) < 4.78 is 11.7. The topological polar surface area (TPSA) is 32.7 Å². The Morgan fingerprint density at radius 3 is 1.40 bits per heavy atom. The number of para-hydroxylation sites is 3. The first-order chi connectivity index (χ1) is 47.3. The predicted octanol–water partition coefficient (Wildman–Crippen LogP) is 23.8. The summed E-state index contributed by atoms with van der Waals surface area (Å²) >= 11 is 0. The van der Waals surface area contributed by atoms with Gasteiger partial charge in [0.25, 0.3) is 6.71 Å². The zero-order valence-electron chi connectivity index (χ0n) is 59.7. The van der Waals surface area contributed by atoms with Gasteiger partial charge in [-0.15, -0.1) is 0 Å². The van der Waals surface area contributed by atoms with Gasteiger partial charge in [-0.2, -0.15) is 0 Å². The molecule has 0 N–H and O–H groups in total. The molecule has 18 rings (SSSR count). The van der Waals surface area contributed by atoms with Crippen molar-refractivity contribution < 1.29 is 4.42 Å². The Bertz CT molecular complexity index is 5780. The van der Waals surface area contributed by atoms with E-state index in [0.29, 0.717) is 0 Å². The largest absolute Gasteiger partial charge is 0.456 e. The summed E-state index contributed by atoms with van der Waals surface area (Å²) in [6.07, 6.45) is 0. The van der Waals surface area contributed by atoms with Crippen molar-refractivity contribution in [2.24, 2.45) is 0 Å². The minimum absolute atomic E-state index is 0.0428. The fourth-order valence-electron chi connectivity index (χ4n) is 16.6. The first-order valence-corrected chi connectivity index (χ1v) is 35.5. The van der Waals surface area contributed by atoms with Crippen LogP contribution in [0.15, 0.2) is 241 Å². The van der Waals surface area contributed by atoms with Gasteiger partial charge < -0.3 is 28.3 Å². The molecule has 0 saturated heterocycles. The average Bonchev–Trinajstić information content (AvgIpc) is 1.55. The zero-order valence-corrected chi connectivity index (χ0v) is 59.7. The normalized spacial score (nSPS) is 13.7. The molecule has 12 aromatic carbocycles. The van der Waals surface area contributed by atoms with Crippen molar-refractivity contribution in [1.82, 2.24) is 9.13 Å². The standard InChI is InChI=1S/C92H84BN5O/c1-88(2,3)56-35-42-74-68(45-56)69-46-57(89(4,5)6)36-43-75(69)96(74)64-40-41-72-77(52-64)95(63-38-33-55(34-39-63)66-30-24-32-83-84(66)67-29-22-23-31-82(67)99-83)78-53-65(94(61-25-18-16-19-26-61)62-27-20-17-21-28-62)54-79-85(78)93(72)73-49-60(92(13,14)15)51-81-87(73)98(79)80-50-59(91(10,11)12)48-71-70-47-58(90(7,8)9)37-44-76(70)97(81)86(71)80/h16-54H,1-15H3. The summed E-state index contributed by atoms with van der Waals surface area (Å²) in [6.45, 7) is 35.1. The van der Waals surface area contributed by atoms with E-state index in [1.807, 2.05) is 0 Å².